The second-order valence-electron chi connectivity index (χ2n) is 5.89. The maximum absolute atomic E-state index is 13.8. The Morgan fingerprint density at radius 2 is 1.96 bits per heavy atom. The largest absolute Gasteiger partial charge is 0.492 e. The number of aryl methyl sites for hydroxylation is 1. The molecular formula is C20H17ClF2N2O3. The zero-order valence-corrected chi connectivity index (χ0v) is 15.5. The van der Waals surface area contributed by atoms with E-state index in [0.717, 1.165) is 12.1 Å². The smallest absolute Gasteiger partial charge is 0.220 e. The molecule has 3 rings (SSSR count). The predicted octanol–water partition coefficient (Wildman–Crippen LogP) is 4.40. The number of nitrogens with one attached hydrogen (secondary N) is 1. The van der Waals surface area contributed by atoms with Gasteiger partial charge in [0.15, 0.2) is 11.7 Å². The van der Waals surface area contributed by atoms with Crippen LogP contribution in [0.15, 0.2) is 53.1 Å². The molecule has 5 nitrogen and oxygen atoms in total. The molecular weight excluding hydrogens is 390 g/mol. The minimum atomic E-state index is -0.735. The van der Waals surface area contributed by atoms with Crippen molar-refractivity contribution in [2.75, 3.05) is 13.2 Å². The van der Waals surface area contributed by atoms with Crippen LogP contribution in [0.25, 0.3) is 11.3 Å². The van der Waals surface area contributed by atoms with Crippen molar-refractivity contribution in [1.29, 1.82) is 0 Å². The Hall–Kier alpha value is -2.93. The van der Waals surface area contributed by atoms with Gasteiger partial charge in [-0.2, -0.15) is 0 Å². The number of carbonyl (C=O) groups is 1. The Balaban J connectivity index is 1.41. The lowest BCUT2D eigenvalue weighted by Gasteiger charge is -2.07. The van der Waals surface area contributed by atoms with Gasteiger partial charge in [-0.1, -0.05) is 11.6 Å². The van der Waals surface area contributed by atoms with E-state index in [-0.39, 0.29) is 30.1 Å². The summed E-state index contributed by atoms with van der Waals surface area (Å²) in [4.78, 5) is 15.9. The highest BCUT2D eigenvalue weighted by Gasteiger charge is 2.13. The van der Waals surface area contributed by atoms with Crippen LogP contribution >= 0.6 is 11.6 Å². The molecule has 8 heteroatoms. The first kappa shape index (κ1) is 19.8. The lowest BCUT2D eigenvalue weighted by molar-refractivity contribution is -0.121. The fourth-order valence-electron chi connectivity index (χ4n) is 2.44. The molecule has 0 atom stereocenters. The Labute approximate surface area is 165 Å². The molecule has 0 aliphatic rings. The van der Waals surface area contributed by atoms with Gasteiger partial charge in [-0.3, -0.25) is 4.79 Å². The maximum Gasteiger partial charge on any atom is 0.220 e. The maximum atomic E-state index is 13.8. The van der Waals surface area contributed by atoms with Crippen molar-refractivity contribution >= 4 is 17.5 Å². The number of amides is 1. The molecule has 28 heavy (non-hydrogen) atoms. The molecule has 1 aromatic heterocycles. The fraction of sp³-hybridized carbons (Fsp3) is 0.200. The first-order valence-electron chi connectivity index (χ1n) is 8.56. The monoisotopic (exact) mass is 406 g/mol. The van der Waals surface area contributed by atoms with E-state index in [0.29, 0.717) is 29.8 Å². The van der Waals surface area contributed by atoms with Crippen LogP contribution in [0.1, 0.15) is 12.3 Å². The normalized spacial score (nSPS) is 10.7. The number of nitrogens with zero attached hydrogens (tertiary/aromatic N) is 1. The number of rotatable bonds is 8. The third kappa shape index (κ3) is 5.53. The second kappa shape index (κ2) is 9.32. The van der Waals surface area contributed by atoms with Crippen molar-refractivity contribution in [2.24, 2.45) is 0 Å². The SMILES string of the molecule is O=C(CCc1ncc(-c2ccc(F)cc2F)o1)NCCOc1ccc(Cl)cc1. The van der Waals surface area contributed by atoms with Gasteiger partial charge in [0.1, 0.15) is 24.0 Å². The van der Waals surface area contributed by atoms with Crippen LogP contribution in [0.4, 0.5) is 8.78 Å². The van der Waals surface area contributed by atoms with Crippen LogP contribution in [0.2, 0.25) is 5.02 Å². The van der Waals surface area contributed by atoms with Crippen molar-refractivity contribution in [3.8, 4) is 17.1 Å². The zero-order chi connectivity index (χ0) is 19.9. The average Bonchev–Trinajstić information content (AvgIpc) is 3.14. The van der Waals surface area contributed by atoms with Crippen LogP contribution in [0, 0.1) is 11.6 Å². The Morgan fingerprint density at radius 3 is 2.71 bits per heavy atom. The van der Waals surface area contributed by atoms with E-state index in [4.69, 9.17) is 20.8 Å². The molecule has 3 aromatic rings. The number of benzene rings is 2. The first-order valence-corrected chi connectivity index (χ1v) is 8.94. The van der Waals surface area contributed by atoms with Crippen LogP contribution in [0.5, 0.6) is 5.75 Å². The van der Waals surface area contributed by atoms with Gasteiger partial charge in [0.25, 0.3) is 0 Å². The lowest BCUT2D eigenvalue weighted by atomic mass is 10.2. The Morgan fingerprint density at radius 1 is 1.18 bits per heavy atom. The number of aromatic nitrogens is 1. The topological polar surface area (TPSA) is 64.4 Å². The molecule has 0 unspecified atom stereocenters. The minimum Gasteiger partial charge on any atom is -0.492 e. The van der Waals surface area contributed by atoms with E-state index in [9.17, 15) is 13.6 Å². The van der Waals surface area contributed by atoms with Gasteiger partial charge < -0.3 is 14.5 Å². The lowest BCUT2D eigenvalue weighted by Crippen LogP contribution is -2.28. The van der Waals surface area contributed by atoms with E-state index < -0.39 is 11.6 Å². The van der Waals surface area contributed by atoms with Gasteiger partial charge in [0, 0.05) is 23.9 Å². The molecule has 0 fully saturated rings. The summed E-state index contributed by atoms with van der Waals surface area (Å²) in [5.41, 5.74) is 0.115. The molecule has 1 heterocycles. The molecule has 0 aliphatic heterocycles. The standard InChI is InChI=1S/C20H17ClF2N2O3/c21-13-1-4-15(5-2-13)27-10-9-24-19(26)7-8-20-25-12-18(28-20)16-6-3-14(22)11-17(16)23/h1-6,11-12H,7-10H2,(H,24,26). The summed E-state index contributed by atoms with van der Waals surface area (Å²) >= 11 is 5.79. The van der Waals surface area contributed by atoms with Crippen LogP contribution in [-0.2, 0) is 11.2 Å². The van der Waals surface area contributed by atoms with Crippen molar-refractivity contribution < 1.29 is 22.7 Å². The van der Waals surface area contributed by atoms with E-state index in [1.807, 2.05) is 0 Å². The van der Waals surface area contributed by atoms with Gasteiger partial charge in [0.2, 0.25) is 5.91 Å². The molecule has 0 bridgehead atoms. The summed E-state index contributed by atoms with van der Waals surface area (Å²) in [5, 5.41) is 3.35. The summed E-state index contributed by atoms with van der Waals surface area (Å²) in [6.45, 7) is 0.666. The minimum absolute atomic E-state index is 0.115. The Bertz CT molecular complexity index is 945. The molecule has 0 aliphatic carbocycles. The summed E-state index contributed by atoms with van der Waals surface area (Å²) in [7, 11) is 0. The van der Waals surface area contributed by atoms with Gasteiger partial charge in [-0.05, 0) is 36.4 Å². The van der Waals surface area contributed by atoms with Crippen molar-refractivity contribution in [3.05, 3.63) is 71.2 Å². The molecule has 1 amide bonds. The first-order chi connectivity index (χ1) is 13.5. The summed E-state index contributed by atoms with van der Waals surface area (Å²) in [5.74, 6) is -0.444. The van der Waals surface area contributed by atoms with E-state index in [1.165, 1.54) is 12.3 Å². The highest BCUT2D eigenvalue weighted by molar-refractivity contribution is 6.30. The second-order valence-corrected chi connectivity index (χ2v) is 6.33. The number of ether oxygens (including phenoxy) is 1. The van der Waals surface area contributed by atoms with Crippen LogP contribution < -0.4 is 10.1 Å². The molecule has 0 spiro atoms. The number of hydrogen-bond donors (Lipinski definition) is 1. The number of oxazole rings is 1. The molecule has 2 aromatic carbocycles. The van der Waals surface area contributed by atoms with Crippen molar-refractivity contribution in [2.45, 2.75) is 12.8 Å². The van der Waals surface area contributed by atoms with Gasteiger partial charge >= 0.3 is 0 Å². The van der Waals surface area contributed by atoms with Crippen molar-refractivity contribution in [1.82, 2.24) is 10.3 Å². The number of halogens is 3. The molecule has 146 valence electrons. The molecule has 1 N–H and O–H groups in total. The molecule has 0 saturated heterocycles. The van der Waals surface area contributed by atoms with Gasteiger partial charge in [0.05, 0.1) is 18.3 Å². The summed E-state index contributed by atoms with van der Waals surface area (Å²) in [6, 6.07) is 10.1. The fourth-order valence-corrected chi connectivity index (χ4v) is 2.56. The summed E-state index contributed by atoms with van der Waals surface area (Å²) < 4.78 is 37.7. The average molecular weight is 407 g/mol. The molecule has 0 radical (unpaired) electrons. The number of carbonyl (C=O) groups excluding carboxylic acids is 1. The molecule has 0 saturated carbocycles. The van der Waals surface area contributed by atoms with Crippen LogP contribution in [0.3, 0.4) is 0 Å². The number of hydrogen-bond acceptors (Lipinski definition) is 4. The highest BCUT2D eigenvalue weighted by Crippen LogP contribution is 2.24. The van der Waals surface area contributed by atoms with Gasteiger partial charge in [-0.25, -0.2) is 13.8 Å². The zero-order valence-electron chi connectivity index (χ0n) is 14.8. The third-order valence-corrected chi connectivity index (χ3v) is 4.07. The van der Waals surface area contributed by atoms with Gasteiger partial charge in [-0.15, -0.1) is 0 Å². The Kier molecular flexibility index (Phi) is 6.60. The highest BCUT2D eigenvalue weighted by atomic mass is 35.5. The summed E-state index contributed by atoms with van der Waals surface area (Å²) in [6.07, 6.45) is 1.77. The van der Waals surface area contributed by atoms with E-state index in [1.54, 1.807) is 24.3 Å². The van der Waals surface area contributed by atoms with E-state index >= 15 is 0 Å². The van der Waals surface area contributed by atoms with Crippen molar-refractivity contribution in [3.63, 3.8) is 0 Å². The third-order valence-electron chi connectivity index (χ3n) is 3.82. The van der Waals surface area contributed by atoms with Crippen LogP contribution in [-0.4, -0.2) is 24.0 Å². The predicted molar refractivity (Wildman–Crippen MR) is 100 cm³/mol. The quantitative estimate of drug-likeness (QED) is 0.563. The van der Waals surface area contributed by atoms with E-state index in [2.05, 4.69) is 10.3 Å².